The second-order valence-electron chi connectivity index (χ2n) is 7.63. The van der Waals surface area contributed by atoms with Crippen molar-refractivity contribution in [3.63, 3.8) is 0 Å². The summed E-state index contributed by atoms with van der Waals surface area (Å²) >= 11 is 2.96. The summed E-state index contributed by atoms with van der Waals surface area (Å²) in [7, 11) is -0.454. The zero-order valence-corrected chi connectivity index (χ0v) is 20.3. The maximum atomic E-state index is 12.8. The Kier molecular flexibility index (Phi) is 7.06. The molecule has 0 amide bonds. The fourth-order valence-corrected chi connectivity index (χ4v) is 6.01. The van der Waals surface area contributed by atoms with Crippen LogP contribution in [0.25, 0.3) is 10.2 Å². The van der Waals surface area contributed by atoms with E-state index >= 15 is 0 Å². The van der Waals surface area contributed by atoms with Gasteiger partial charge in [-0.25, -0.2) is 17.7 Å². The summed E-state index contributed by atoms with van der Waals surface area (Å²) in [6.45, 7) is 6.40. The third-order valence-electron chi connectivity index (χ3n) is 5.14. The van der Waals surface area contributed by atoms with Crippen molar-refractivity contribution in [3.05, 3.63) is 50.6 Å². The molecule has 0 saturated carbocycles. The van der Waals surface area contributed by atoms with Gasteiger partial charge >= 0.3 is 0 Å². The van der Waals surface area contributed by atoms with Crippen LogP contribution in [-0.2, 0) is 22.2 Å². The van der Waals surface area contributed by atoms with Gasteiger partial charge in [-0.2, -0.15) is 0 Å². The molecule has 0 aliphatic rings. The number of nitrogens with zero attached hydrogens (tertiary/aromatic N) is 2. The Morgan fingerprint density at radius 2 is 2.03 bits per heavy atom. The van der Waals surface area contributed by atoms with Crippen LogP contribution in [0.1, 0.15) is 36.3 Å². The average Bonchev–Trinajstić information content (AvgIpc) is 3.01. The van der Waals surface area contributed by atoms with Gasteiger partial charge in [-0.15, -0.1) is 11.3 Å². The van der Waals surface area contributed by atoms with E-state index in [1.807, 2.05) is 13.0 Å². The van der Waals surface area contributed by atoms with Gasteiger partial charge in [-0.3, -0.25) is 4.79 Å². The molecular weight excluding hydrogens is 438 g/mol. The predicted molar refractivity (Wildman–Crippen MR) is 125 cm³/mol. The third kappa shape index (κ3) is 4.80. The minimum Gasteiger partial charge on any atom is -0.301 e. The van der Waals surface area contributed by atoms with E-state index in [1.165, 1.54) is 30.2 Å². The number of hydrogen-bond donors (Lipinski definition) is 1. The van der Waals surface area contributed by atoms with E-state index in [0.717, 1.165) is 33.7 Å². The largest absolute Gasteiger partial charge is 0.301 e. The lowest BCUT2D eigenvalue weighted by molar-refractivity contribution is 0.520. The van der Waals surface area contributed by atoms with Crippen molar-refractivity contribution in [1.82, 2.24) is 14.3 Å². The Hall–Kier alpha value is -1.68. The van der Waals surface area contributed by atoms with Gasteiger partial charge in [0.05, 0.1) is 10.3 Å². The molecule has 3 aromatic rings. The molecule has 1 N–H and O–H groups in total. The molecule has 1 aromatic carbocycles. The zero-order valence-electron chi connectivity index (χ0n) is 17.9. The molecule has 1 atom stereocenters. The SMILES string of the molecule is CCC(C)Cc1c(C)sc2nc(SCc3cccc(S(=O)(=O)N(C)C)c3)[nH]c(=O)c12. The van der Waals surface area contributed by atoms with E-state index in [-0.39, 0.29) is 10.5 Å². The van der Waals surface area contributed by atoms with Gasteiger partial charge in [0.15, 0.2) is 5.16 Å². The summed E-state index contributed by atoms with van der Waals surface area (Å²) in [4.78, 5) is 22.5. The van der Waals surface area contributed by atoms with Crippen LogP contribution in [0.2, 0.25) is 0 Å². The Morgan fingerprint density at radius 3 is 2.70 bits per heavy atom. The van der Waals surface area contributed by atoms with E-state index in [0.29, 0.717) is 22.2 Å². The van der Waals surface area contributed by atoms with E-state index in [9.17, 15) is 13.2 Å². The first kappa shape index (κ1) is 23.0. The van der Waals surface area contributed by atoms with Crippen LogP contribution in [0, 0.1) is 12.8 Å². The summed E-state index contributed by atoms with van der Waals surface area (Å²) in [6.07, 6.45) is 1.95. The molecule has 2 heterocycles. The number of thiophene rings is 1. The minimum absolute atomic E-state index is 0.103. The van der Waals surface area contributed by atoms with Crippen LogP contribution >= 0.6 is 23.1 Å². The molecule has 2 aromatic heterocycles. The molecule has 0 bridgehead atoms. The lowest BCUT2D eigenvalue weighted by Crippen LogP contribution is -2.22. The van der Waals surface area contributed by atoms with Gasteiger partial charge in [-0.1, -0.05) is 44.2 Å². The standard InChI is InChI=1S/C21H27N3O3S3/c1-6-13(2)10-17-14(3)29-20-18(17)19(25)22-21(23-20)28-12-15-8-7-9-16(11-15)30(26,27)24(4)5/h7-9,11,13H,6,10,12H2,1-5H3,(H,22,23,25). The Bertz CT molecular complexity index is 1210. The van der Waals surface area contributed by atoms with Crippen molar-refractivity contribution in [3.8, 4) is 0 Å². The first-order valence-electron chi connectivity index (χ1n) is 9.80. The fraction of sp³-hybridized carbons (Fsp3) is 0.429. The quantitative estimate of drug-likeness (QED) is 0.393. The summed E-state index contributed by atoms with van der Waals surface area (Å²) in [5.41, 5.74) is 1.86. The second kappa shape index (κ2) is 9.21. The number of H-pyrrole nitrogens is 1. The van der Waals surface area contributed by atoms with E-state index in [1.54, 1.807) is 29.5 Å². The number of aromatic nitrogens is 2. The maximum Gasteiger partial charge on any atom is 0.260 e. The van der Waals surface area contributed by atoms with Crippen molar-refractivity contribution in [2.75, 3.05) is 14.1 Å². The normalized spacial score (nSPS) is 13.3. The minimum atomic E-state index is -3.48. The molecule has 0 saturated heterocycles. The first-order valence-corrected chi connectivity index (χ1v) is 13.0. The number of aryl methyl sites for hydroxylation is 1. The van der Waals surface area contributed by atoms with E-state index in [2.05, 4.69) is 23.8 Å². The molecule has 0 spiro atoms. The summed E-state index contributed by atoms with van der Waals surface area (Å²) < 4.78 is 25.9. The van der Waals surface area contributed by atoms with Crippen LogP contribution in [0.3, 0.4) is 0 Å². The Morgan fingerprint density at radius 1 is 1.30 bits per heavy atom. The number of nitrogens with one attached hydrogen (secondary N) is 1. The number of fused-ring (bicyclic) bond motifs is 1. The molecule has 9 heteroatoms. The number of sulfonamides is 1. The fourth-order valence-electron chi connectivity index (χ4n) is 3.12. The summed E-state index contributed by atoms with van der Waals surface area (Å²) in [5.74, 6) is 1.02. The number of aromatic amines is 1. The lowest BCUT2D eigenvalue weighted by Gasteiger charge is -2.12. The zero-order chi connectivity index (χ0) is 22.1. The first-order chi connectivity index (χ1) is 14.1. The van der Waals surface area contributed by atoms with Crippen molar-refractivity contribution < 1.29 is 8.42 Å². The highest BCUT2D eigenvalue weighted by Gasteiger charge is 2.18. The number of thioether (sulfide) groups is 1. The van der Waals surface area contributed by atoms with Gasteiger partial charge in [0.25, 0.3) is 5.56 Å². The topological polar surface area (TPSA) is 83.1 Å². The Balaban J connectivity index is 1.85. The van der Waals surface area contributed by atoms with Gasteiger partial charge in [-0.05, 0) is 42.5 Å². The van der Waals surface area contributed by atoms with Crippen LogP contribution < -0.4 is 5.56 Å². The Labute approximate surface area is 185 Å². The molecule has 162 valence electrons. The van der Waals surface area contributed by atoms with Crippen molar-refractivity contribution >= 4 is 43.3 Å². The third-order valence-corrected chi connectivity index (χ3v) is 8.94. The smallest absolute Gasteiger partial charge is 0.260 e. The maximum absolute atomic E-state index is 12.8. The van der Waals surface area contributed by atoms with Crippen LogP contribution in [0.5, 0.6) is 0 Å². The molecule has 0 fully saturated rings. The van der Waals surface area contributed by atoms with Crippen molar-refractivity contribution in [2.24, 2.45) is 5.92 Å². The van der Waals surface area contributed by atoms with E-state index < -0.39 is 10.0 Å². The number of rotatable bonds is 8. The van der Waals surface area contributed by atoms with Gasteiger partial charge in [0, 0.05) is 24.7 Å². The molecule has 1 unspecified atom stereocenters. The molecule has 0 aliphatic carbocycles. The van der Waals surface area contributed by atoms with Gasteiger partial charge < -0.3 is 4.98 Å². The monoisotopic (exact) mass is 465 g/mol. The van der Waals surface area contributed by atoms with Crippen molar-refractivity contribution in [2.45, 2.75) is 49.4 Å². The second-order valence-corrected chi connectivity index (χ2v) is 11.9. The highest BCUT2D eigenvalue weighted by molar-refractivity contribution is 7.98. The van der Waals surface area contributed by atoms with Crippen LogP contribution in [0.15, 0.2) is 39.1 Å². The molecule has 30 heavy (non-hydrogen) atoms. The number of benzene rings is 1. The summed E-state index contributed by atoms with van der Waals surface area (Å²) in [6, 6.07) is 6.86. The number of hydrogen-bond acceptors (Lipinski definition) is 6. The average molecular weight is 466 g/mol. The van der Waals surface area contributed by atoms with E-state index in [4.69, 9.17) is 0 Å². The van der Waals surface area contributed by atoms with Gasteiger partial charge in [0.1, 0.15) is 4.83 Å². The van der Waals surface area contributed by atoms with Crippen LogP contribution in [0.4, 0.5) is 0 Å². The highest BCUT2D eigenvalue weighted by atomic mass is 32.2. The van der Waals surface area contributed by atoms with Crippen LogP contribution in [-0.4, -0.2) is 36.8 Å². The lowest BCUT2D eigenvalue weighted by atomic mass is 9.98. The highest BCUT2D eigenvalue weighted by Crippen LogP contribution is 2.31. The van der Waals surface area contributed by atoms with Crippen molar-refractivity contribution in [1.29, 1.82) is 0 Å². The molecule has 0 radical (unpaired) electrons. The molecule has 6 nitrogen and oxygen atoms in total. The molecule has 3 rings (SSSR count). The summed E-state index contributed by atoms with van der Waals surface area (Å²) in [5, 5.41) is 1.26. The molecule has 0 aliphatic heterocycles. The predicted octanol–water partition coefficient (Wildman–Crippen LogP) is 4.42. The van der Waals surface area contributed by atoms with Gasteiger partial charge in [0.2, 0.25) is 10.0 Å². The molecular formula is C21H27N3O3S3.